The van der Waals surface area contributed by atoms with Gasteiger partial charge in [0.1, 0.15) is 5.01 Å². The van der Waals surface area contributed by atoms with E-state index in [2.05, 4.69) is 20.4 Å². The van der Waals surface area contributed by atoms with Gasteiger partial charge in [-0.15, -0.1) is 11.3 Å². The van der Waals surface area contributed by atoms with Crippen molar-refractivity contribution in [1.82, 2.24) is 20.4 Å². The molecule has 1 N–H and O–H groups in total. The van der Waals surface area contributed by atoms with Crippen LogP contribution in [0.15, 0.2) is 46.4 Å². The Morgan fingerprint density at radius 1 is 1.17 bits per heavy atom. The zero-order chi connectivity index (χ0) is 15.5. The molecule has 6 heteroatoms. The van der Waals surface area contributed by atoms with E-state index in [0.29, 0.717) is 18.3 Å². The molecule has 0 saturated heterocycles. The van der Waals surface area contributed by atoms with Gasteiger partial charge in [-0.1, -0.05) is 36.2 Å². The fourth-order valence-corrected chi connectivity index (χ4v) is 4.05. The smallest absolute Gasteiger partial charge is 0.257 e. The van der Waals surface area contributed by atoms with Crippen LogP contribution in [0, 0.1) is 0 Å². The summed E-state index contributed by atoms with van der Waals surface area (Å²) in [4.78, 5) is 9.02. The van der Waals surface area contributed by atoms with Crippen LogP contribution in [0.2, 0.25) is 0 Å². The third-order valence-electron chi connectivity index (χ3n) is 4.37. The molecule has 2 aromatic heterocycles. The van der Waals surface area contributed by atoms with Gasteiger partial charge >= 0.3 is 0 Å². The maximum absolute atomic E-state index is 5.38. The van der Waals surface area contributed by atoms with E-state index in [0.717, 1.165) is 18.4 Å². The summed E-state index contributed by atoms with van der Waals surface area (Å²) in [6.45, 7) is 0.593. The summed E-state index contributed by atoms with van der Waals surface area (Å²) in [7, 11) is 0. The Hall–Kier alpha value is -2.05. The fraction of sp³-hybridized carbons (Fsp3) is 0.353. The van der Waals surface area contributed by atoms with Gasteiger partial charge in [-0.25, -0.2) is 4.98 Å². The molecular weight excluding hydrogens is 308 g/mol. The van der Waals surface area contributed by atoms with Crippen LogP contribution >= 0.6 is 11.3 Å². The van der Waals surface area contributed by atoms with Crippen molar-refractivity contribution in [3.8, 4) is 11.5 Å². The number of nitrogens with zero attached hydrogens (tertiary/aromatic N) is 3. The second kappa shape index (κ2) is 6.22. The van der Waals surface area contributed by atoms with Crippen LogP contribution in [0.25, 0.3) is 11.5 Å². The van der Waals surface area contributed by atoms with Gasteiger partial charge in [0, 0.05) is 17.1 Å². The largest absolute Gasteiger partial charge is 0.334 e. The van der Waals surface area contributed by atoms with Crippen LogP contribution in [0.5, 0.6) is 0 Å². The van der Waals surface area contributed by atoms with Crippen molar-refractivity contribution in [2.75, 3.05) is 0 Å². The second-order valence-corrected chi connectivity index (χ2v) is 6.76. The van der Waals surface area contributed by atoms with E-state index in [1.54, 1.807) is 11.3 Å². The second-order valence-electron chi connectivity index (χ2n) is 5.86. The molecule has 1 saturated carbocycles. The molecular formula is C17H18N4OS. The maximum Gasteiger partial charge on any atom is 0.257 e. The van der Waals surface area contributed by atoms with Gasteiger partial charge in [0.25, 0.3) is 5.89 Å². The van der Waals surface area contributed by atoms with Crippen molar-refractivity contribution in [2.45, 2.75) is 37.8 Å². The molecule has 1 aliphatic carbocycles. The lowest BCUT2D eigenvalue weighted by atomic mass is 9.98. The van der Waals surface area contributed by atoms with E-state index >= 15 is 0 Å². The van der Waals surface area contributed by atoms with E-state index in [9.17, 15) is 0 Å². The van der Waals surface area contributed by atoms with Gasteiger partial charge in [0.2, 0.25) is 0 Å². The minimum Gasteiger partial charge on any atom is -0.334 e. The molecule has 3 aromatic rings. The van der Waals surface area contributed by atoms with Gasteiger partial charge in [0.15, 0.2) is 5.82 Å². The van der Waals surface area contributed by atoms with Crippen molar-refractivity contribution >= 4 is 11.3 Å². The van der Waals surface area contributed by atoms with E-state index in [4.69, 9.17) is 4.52 Å². The highest BCUT2D eigenvalue weighted by Crippen LogP contribution is 2.39. The zero-order valence-electron chi connectivity index (χ0n) is 12.7. The summed E-state index contributed by atoms with van der Waals surface area (Å²) in [5.74, 6) is 1.25. The Morgan fingerprint density at radius 3 is 2.74 bits per heavy atom. The number of hydrogen-bond donors (Lipinski definition) is 1. The first-order valence-corrected chi connectivity index (χ1v) is 8.77. The number of hydrogen-bond acceptors (Lipinski definition) is 6. The molecule has 0 bridgehead atoms. The highest BCUT2D eigenvalue weighted by atomic mass is 32.1. The molecule has 0 spiro atoms. The summed E-state index contributed by atoms with van der Waals surface area (Å²) >= 11 is 1.72. The lowest BCUT2D eigenvalue weighted by molar-refractivity contribution is 0.328. The summed E-state index contributed by atoms with van der Waals surface area (Å²) in [6, 6.07) is 9.85. The molecule has 4 rings (SSSR count). The first kappa shape index (κ1) is 14.5. The lowest BCUT2D eigenvalue weighted by Gasteiger charge is -2.27. The van der Waals surface area contributed by atoms with Gasteiger partial charge in [-0.05, 0) is 25.0 Å². The van der Waals surface area contributed by atoms with Crippen LogP contribution in [-0.4, -0.2) is 15.1 Å². The molecule has 0 radical (unpaired) electrons. The average Bonchev–Trinajstić information content (AvgIpc) is 3.34. The highest BCUT2D eigenvalue weighted by Gasteiger charge is 2.37. The van der Waals surface area contributed by atoms with Crippen LogP contribution in [0.4, 0.5) is 0 Å². The summed E-state index contributed by atoms with van der Waals surface area (Å²) in [5, 5.41) is 11.0. The van der Waals surface area contributed by atoms with Crippen molar-refractivity contribution in [3.63, 3.8) is 0 Å². The zero-order valence-corrected chi connectivity index (χ0v) is 13.6. The van der Waals surface area contributed by atoms with Crippen molar-refractivity contribution in [2.24, 2.45) is 0 Å². The number of rotatable bonds is 5. The van der Waals surface area contributed by atoms with E-state index in [1.807, 2.05) is 41.9 Å². The van der Waals surface area contributed by atoms with Crippen molar-refractivity contribution in [3.05, 3.63) is 52.7 Å². The third-order valence-corrected chi connectivity index (χ3v) is 5.35. The Morgan fingerprint density at radius 2 is 2.00 bits per heavy atom. The predicted molar refractivity (Wildman–Crippen MR) is 88.8 cm³/mol. The number of nitrogens with one attached hydrogen (secondary N) is 1. The van der Waals surface area contributed by atoms with Crippen LogP contribution < -0.4 is 5.32 Å². The molecule has 0 amide bonds. The maximum atomic E-state index is 5.38. The predicted octanol–water partition coefficient (Wildman–Crippen LogP) is 3.75. The Balaban J connectivity index is 1.49. The molecule has 2 heterocycles. The average molecular weight is 326 g/mol. The molecule has 0 aliphatic heterocycles. The van der Waals surface area contributed by atoms with E-state index < -0.39 is 0 Å². The van der Waals surface area contributed by atoms with Gasteiger partial charge < -0.3 is 4.52 Å². The summed E-state index contributed by atoms with van der Waals surface area (Å²) in [6.07, 6.45) is 6.57. The van der Waals surface area contributed by atoms with Crippen LogP contribution in [0.3, 0.4) is 0 Å². The van der Waals surface area contributed by atoms with Crippen LogP contribution in [-0.2, 0) is 12.1 Å². The number of thiazole rings is 1. The quantitative estimate of drug-likeness (QED) is 0.773. The topological polar surface area (TPSA) is 63.8 Å². The Kier molecular flexibility index (Phi) is 3.93. The highest BCUT2D eigenvalue weighted by molar-refractivity contribution is 7.09. The molecule has 0 unspecified atom stereocenters. The number of aromatic nitrogens is 3. The first-order valence-electron chi connectivity index (χ1n) is 7.89. The van der Waals surface area contributed by atoms with Crippen LogP contribution in [0.1, 0.15) is 36.5 Å². The van der Waals surface area contributed by atoms with E-state index in [1.165, 1.54) is 17.8 Å². The standard InChI is InChI=1S/C17H18N4OS/c1-2-6-13(7-3-1)15-20-14(21-22-15)12-19-17(8-4-5-9-17)16-18-10-11-23-16/h1-3,6-7,10-11,19H,4-5,8-9,12H2. The molecule has 118 valence electrons. The monoisotopic (exact) mass is 326 g/mol. The molecule has 1 fully saturated rings. The first-order chi connectivity index (χ1) is 11.4. The third kappa shape index (κ3) is 2.92. The van der Waals surface area contributed by atoms with E-state index in [-0.39, 0.29) is 5.54 Å². The summed E-state index contributed by atoms with van der Waals surface area (Å²) < 4.78 is 5.38. The van der Waals surface area contributed by atoms with Gasteiger partial charge in [0.05, 0.1) is 12.1 Å². The Bertz CT molecular complexity index is 748. The minimum atomic E-state index is -0.0261. The lowest BCUT2D eigenvalue weighted by Crippen LogP contribution is -2.39. The summed E-state index contributed by atoms with van der Waals surface area (Å²) in [5.41, 5.74) is 0.920. The molecule has 1 aromatic carbocycles. The minimum absolute atomic E-state index is 0.0261. The Labute approximate surface area is 138 Å². The molecule has 23 heavy (non-hydrogen) atoms. The molecule has 1 aliphatic rings. The van der Waals surface area contributed by atoms with Crippen molar-refractivity contribution < 1.29 is 4.52 Å². The van der Waals surface area contributed by atoms with Gasteiger partial charge in [-0.3, -0.25) is 5.32 Å². The number of benzene rings is 1. The van der Waals surface area contributed by atoms with Crippen molar-refractivity contribution in [1.29, 1.82) is 0 Å². The molecule has 5 nitrogen and oxygen atoms in total. The fourth-order valence-electron chi connectivity index (χ4n) is 3.18. The SMILES string of the molecule is c1ccc(-c2nc(CNC3(c4nccs4)CCCC3)no2)cc1. The normalized spacial score (nSPS) is 16.7. The molecule has 0 atom stereocenters. The van der Waals surface area contributed by atoms with Gasteiger partial charge in [-0.2, -0.15) is 4.98 Å².